The Balaban J connectivity index is 0. The van der Waals surface area contributed by atoms with Gasteiger partial charge in [0.1, 0.15) is 5.78 Å². The van der Waals surface area contributed by atoms with Crippen LogP contribution in [0.5, 0.6) is 0 Å². The maximum atomic E-state index is 9.44. The van der Waals surface area contributed by atoms with Crippen LogP contribution in [0, 0.1) is 0 Å². The average molecular weight is 174 g/mol. The molecule has 0 aliphatic heterocycles. The third-order valence-corrected chi connectivity index (χ3v) is 1.50. The van der Waals surface area contributed by atoms with Gasteiger partial charge >= 0.3 is 0 Å². The second kappa shape index (κ2) is 13.2. The average Bonchev–Trinajstić information content (AvgIpc) is 2.10. The summed E-state index contributed by atoms with van der Waals surface area (Å²) in [5.74, 6) is 0.167. The highest BCUT2D eigenvalue weighted by molar-refractivity contribution is 5.72. The zero-order valence-corrected chi connectivity index (χ0v) is 8.60. The van der Waals surface area contributed by atoms with Crippen LogP contribution in [0.25, 0.3) is 0 Å². The molecule has 0 atom stereocenters. The van der Waals surface area contributed by atoms with E-state index in [0.29, 0.717) is 0 Å². The van der Waals surface area contributed by atoms with Crippen LogP contribution in [-0.2, 0) is 4.79 Å². The van der Waals surface area contributed by atoms with Gasteiger partial charge in [0, 0.05) is 7.11 Å². The van der Waals surface area contributed by atoms with Crippen LogP contribution in [0.15, 0.2) is 0 Å². The van der Waals surface area contributed by atoms with Crippen molar-refractivity contribution in [2.45, 2.75) is 52.4 Å². The fraction of sp³-hybridized carbons (Fsp3) is 0.900. The molecule has 0 unspecified atom stereocenters. The number of carbonyl (C=O) groups excluding carboxylic acids is 1. The quantitative estimate of drug-likeness (QED) is 0.612. The van der Waals surface area contributed by atoms with Crippen molar-refractivity contribution in [2.24, 2.45) is 0 Å². The lowest BCUT2D eigenvalue weighted by atomic mass is 10.0. The van der Waals surface area contributed by atoms with Gasteiger partial charge in [-0.05, 0) is 13.8 Å². The lowest BCUT2D eigenvalue weighted by Gasteiger charge is -2.05. The van der Waals surface area contributed by atoms with Gasteiger partial charge < -0.3 is 9.90 Å². The maximum absolute atomic E-state index is 9.44. The van der Waals surface area contributed by atoms with E-state index in [1.54, 1.807) is 0 Å². The molecule has 2 heteroatoms. The van der Waals surface area contributed by atoms with E-state index >= 15 is 0 Å². The van der Waals surface area contributed by atoms with Gasteiger partial charge in [0.2, 0.25) is 0 Å². The minimum atomic E-state index is 0.167. The molecule has 0 aromatic carbocycles. The zero-order valence-electron chi connectivity index (χ0n) is 8.60. The third kappa shape index (κ3) is 22.6. The SMILES string of the molecule is C1CCCCC1.CC(C)=O.CO. The van der Waals surface area contributed by atoms with Crippen molar-refractivity contribution in [3.05, 3.63) is 0 Å². The van der Waals surface area contributed by atoms with Crippen LogP contribution in [-0.4, -0.2) is 18.0 Å². The van der Waals surface area contributed by atoms with Crippen LogP contribution in [0.4, 0.5) is 0 Å². The Bertz CT molecular complexity index is 70.3. The summed E-state index contributed by atoms with van der Waals surface area (Å²) in [6.07, 6.45) is 9.00. The van der Waals surface area contributed by atoms with Crippen molar-refractivity contribution < 1.29 is 9.90 Å². The van der Waals surface area contributed by atoms with Crippen molar-refractivity contribution in [3.8, 4) is 0 Å². The van der Waals surface area contributed by atoms with Crippen molar-refractivity contribution in [1.29, 1.82) is 0 Å². The van der Waals surface area contributed by atoms with Gasteiger partial charge in [0.25, 0.3) is 0 Å². The van der Waals surface area contributed by atoms with E-state index in [4.69, 9.17) is 5.11 Å². The largest absolute Gasteiger partial charge is 0.400 e. The lowest BCUT2D eigenvalue weighted by molar-refractivity contribution is -0.114. The van der Waals surface area contributed by atoms with E-state index < -0.39 is 0 Å². The first-order valence-electron chi connectivity index (χ1n) is 4.65. The first kappa shape index (κ1) is 14.2. The van der Waals surface area contributed by atoms with Gasteiger partial charge in [-0.2, -0.15) is 0 Å². The molecule has 1 N–H and O–H groups in total. The highest BCUT2D eigenvalue weighted by Gasteiger charge is 1.95. The molecule has 0 aromatic rings. The molecular weight excluding hydrogens is 152 g/mol. The Morgan fingerprint density at radius 3 is 1.00 bits per heavy atom. The molecule has 12 heavy (non-hydrogen) atoms. The molecule has 0 aromatic heterocycles. The molecule has 1 fully saturated rings. The Hall–Kier alpha value is -0.370. The summed E-state index contributed by atoms with van der Waals surface area (Å²) in [5, 5.41) is 7.00. The summed E-state index contributed by atoms with van der Waals surface area (Å²) in [5.41, 5.74) is 0. The fourth-order valence-corrected chi connectivity index (χ4v) is 1.06. The van der Waals surface area contributed by atoms with Gasteiger partial charge in [-0.1, -0.05) is 38.5 Å². The van der Waals surface area contributed by atoms with Gasteiger partial charge in [0.05, 0.1) is 0 Å². The van der Waals surface area contributed by atoms with Crippen LogP contribution < -0.4 is 0 Å². The Morgan fingerprint density at radius 1 is 0.833 bits per heavy atom. The van der Waals surface area contributed by atoms with E-state index in [0.717, 1.165) is 7.11 Å². The molecule has 1 aliphatic carbocycles. The maximum Gasteiger partial charge on any atom is 0.126 e. The minimum absolute atomic E-state index is 0.167. The van der Waals surface area contributed by atoms with Gasteiger partial charge in [-0.3, -0.25) is 0 Å². The second-order valence-corrected chi connectivity index (χ2v) is 3.03. The van der Waals surface area contributed by atoms with Crippen LogP contribution in [0.1, 0.15) is 52.4 Å². The number of carbonyl (C=O) groups is 1. The van der Waals surface area contributed by atoms with E-state index in [1.807, 2.05) is 0 Å². The van der Waals surface area contributed by atoms with Gasteiger partial charge in [-0.25, -0.2) is 0 Å². The van der Waals surface area contributed by atoms with Crippen molar-refractivity contribution in [1.82, 2.24) is 0 Å². The summed E-state index contributed by atoms with van der Waals surface area (Å²) >= 11 is 0. The molecule has 1 saturated carbocycles. The van der Waals surface area contributed by atoms with E-state index in [-0.39, 0.29) is 5.78 Å². The smallest absolute Gasteiger partial charge is 0.126 e. The zero-order chi connectivity index (χ0) is 9.82. The Kier molecular flexibility index (Phi) is 15.6. The molecule has 0 saturated heterocycles. The number of hydrogen-bond acceptors (Lipinski definition) is 2. The highest BCUT2D eigenvalue weighted by Crippen LogP contribution is 2.15. The highest BCUT2D eigenvalue weighted by atomic mass is 16.2. The lowest BCUT2D eigenvalue weighted by Crippen LogP contribution is -1.85. The topological polar surface area (TPSA) is 37.3 Å². The molecule has 2 nitrogen and oxygen atoms in total. The molecule has 74 valence electrons. The van der Waals surface area contributed by atoms with Crippen molar-refractivity contribution in [2.75, 3.05) is 7.11 Å². The molecule has 0 bridgehead atoms. The summed E-state index contributed by atoms with van der Waals surface area (Å²) in [6.45, 7) is 3.06. The summed E-state index contributed by atoms with van der Waals surface area (Å²) in [6, 6.07) is 0. The van der Waals surface area contributed by atoms with E-state index in [9.17, 15) is 4.79 Å². The van der Waals surface area contributed by atoms with Crippen molar-refractivity contribution in [3.63, 3.8) is 0 Å². The standard InChI is InChI=1S/C6H12.C3H6O.CH4O/c1-2-4-6-5-3-1;1-3(2)4;1-2/h1-6H2;1-2H3;2H,1H3. The monoisotopic (exact) mass is 174 g/mol. The fourth-order valence-electron chi connectivity index (χ4n) is 1.06. The molecule has 0 heterocycles. The number of Topliss-reactive ketones (excluding diaryl/α,β-unsaturated/α-hetero) is 1. The molecule has 1 rings (SSSR count). The minimum Gasteiger partial charge on any atom is -0.400 e. The number of rotatable bonds is 0. The number of ketones is 1. The van der Waals surface area contributed by atoms with Crippen molar-refractivity contribution >= 4 is 5.78 Å². The third-order valence-electron chi connectivity index (χ3n) is 1.50. The predicted octanol–water partition coefficient (Wildman–Crippen LogP) is 2.54. The van der Waals surface area contributed by atoms with Crippen LogP contribution in [0.2, 0.25) is 0 Å². The Labute approximate surface area is 76.0 Å². The van der Waals surface area contributed by atoms with Gasteiger partial charge in [-0.15, -0.1) is 0 Å². The summed E-state index contributed by atoms with van der Waals surface area (Å²) in [7, 11) is 1.00. The van der Waals surface area contributed by atoms with E-state index in [2.05, 4.69) is 0 Å². The Morgan fingerprint density at radius 2 is 0.917 bits per heavy atom. The molecule has 0 spiro atoms. The molecule has 1 aliphatic rings. The number of aliphatic hydroxyl groups excluding tert-OH is 1. The van der Waals surface area contributed by atoms with E-state index in [1.165, 1.54) is 52.4 Å². The summed E-state index contributed by atoms with van der Waals surface area (Å²) < 4.78 is 0. The normalized spacial score (nSPS) is 14.7. The molecule has 0 radical (unpaired) electrons. The van der Waals surface area contributed by atoms with Crippen LogP contribution in [0.3, 0.4) is 0 Å². The molecule has 0 amide bonds. The molecular formula is C10H22O2. The number of hydrogen-bond donors (Lipinski definition) is 1. The first-order chi connectivity index (χ1) is 5.73. The summed E-state index contributed by atoms with van der Waals surface area (Å²) in [4.78, 5) is 9.44. The second-order valence-electron chi connectivity index (χ2n) is 3.03. The number of aliphatic hydroxyl groups is 1. The van der Waals surface area contributed by atoms with Crippen LogP contribution >= 0.6 is 0 Å². The predicted molar refractivity (Wildman–Crippen MR) is 52.2 cm³/mol. The van der Waals surface area contributed by atoms with Gasteiger partial charge in [0.15, 0.2) is 0 Å². The first-order valence-corrected chi connectivity index (χ1v) is 4.65.